The monoisotopic (exact) mass is 310 g/mol. The molecule has 7 heteroatoms. The molecular weight excluding hydrogens is 292 g/mol. The fourth-order valence-corrected chi connectivity index (χ4v) is 3.23. The van der Waals surface area contributed by atoms with Crippen LogP contribution in [0.25, 0.3) is 11.0 Å². The van der Waals surface area contributed by atoms with Gasteiger partial charge in [0.15, 0.2) is 0 Å². The van der Waals surface area contributed by atoms with Gasteiger partial charge in [0.25, 0.3) is 0 Å². The highest BCUT2D eigenvalue weighted by atomic mass is 32.2. The summed E-state index contributed by atoms with van der Waals surface area (Å²) in [4.78, 5) is 11.3. The number of hydrogen-bond acceptors (Lipinski definition) is 5. The van der Waals surface area contributed by atoms with Crippen LogP contribution in [0, 0.1) is 0 Å². The SMILES string of the molecule is CNCCCN(C)S(=O)(=O)c1ccc2oc(=O)ccc2c1. The Morgan fingerprint density at radius 2 is 2.00 bits per heavy atom. The third kappa shape index (κ3) is 3.49. The summed E-state index contributed by atoms with van der Waals surface area (Å²) >= 11 is 0. The van der Waals surface area contributed by atoms with Crippen LogP contribution >= 0.6 is 0 Å². The molecule has 0 saturated heterocycles. The van der Waals surface area contributed by atoms with E-state index in [0.29, 0.717) is 17.5 Å². The second kappa shape index (κ2) is 6.38. The summed E-state index contributed by atoms with van der Waals surface area (Å²) in [6.07, 6.45) is 0.731. The molecule has 0 unspecified atom stereocenters. The standard InChI is InChI=1S/C14H18N2O4S/c1-15-8-3-9-16(2)21(18,19)12-5-6-13-11(10-12)4-7-14(17)20-13/h4-7,10,15H,3,8-9H2,1-2H3. The Bertz CT molecular complexity index is 783. The van der Waals surface area contributed by atoms with E-state index in [9.17, 15) is 13.2 Å². The minimum atomic E-state index is -3.54. The van der Waals surface area contributed by atoms with Gasteiger partial charge in [0, 0.05) is 25.0 Å². The molecule has 0 spiro atoms. The van der Waals surface area contributed by atoms with Crippen molar-refractivity contribution in [1.82, 2.24) is 9.62 Å². The van der Waals surface area contributed by atoms with Gasteiger partial charge < -0.3 is 9.73 Å². The largest absolute Gasteiger partial charge is 0.423 e. The Hall–Kier alpha value is -1.70. The molecule has 21 heavy (non-hydrogen) atoms. The second-order valence-corrected chi connectivity index (χ2v) is 6.78. The molecule has 0 aliphatic carbocycles. The van der Waals surface area contributed by atoms with Crippen LogP contribution in [0.1, 0.15) is 6.42 Å². The molecule has 0 saturated carbocycles. The van der Waals surface area contributed by atoms with Crippen molar-refractivity contribution in [3.8, 4) is 0 Å². The highest BCUT2D eigenvalue weighted by Crippen LogP contribution is 2.20. The van der Waals surface area contributed by atoms with Crippen molar-refractivity contribution < 1.29 is 12.8 Å². The molecule has 0 fully saturated rings. The molecular formula is C14H18N2O4S. The van der Waals surface area contributed by atoms with Gasteiger partial charge in [-0.3, -0.25) is 0 Å². The lowest BCUT2D eigenvalue weighted by Gasteiger charge is -2.17. The van der Waals surface area contributed by atoms with Crippen molar-refractivity contribution in [2.24, 2.45) is 0 Å². The van der Waals surface area contributed by atoms with E-state index in [1.165, 1.54) is 28.6 Å². The maximum Gasteiger partial charge on any atom is 0.336 e. The number of hydrogen-bond donors (Lipinski definition) is 1. The van der Waals surface area contributed by atoms with E-state index < -0.39 is 15.6 Å². The van der Waals surface area contributed by atoms with Gasteiger partial charge in [-0.15, -0.1) is 0 Å². The summed E-state index contributed by atoms with van der Waals surface area (Å²) in [6, 6.07) is 7.30. The van der Waals surface area contributed by atoms with E-state index in [4.69, 9.17) is 4.42 Å². The van der Waals surface area contributed by atoms with Crippen LogP contribution < -0.4 is 10.9 Å². The topological polar surface area (TPSA) is 79.6 Å². The summed E-state index contributed by atoms with van der Waals surface area (Å²) < 4.78 is 31.2. The smallest absolute Gasteiger partial charge is 0.336 e. The molecule has 0 aliphatic rings. The molecule has 6 nitrogen and oxygen atoms in total. The van der Waals surface area contributed by atoms with Gasteiger partial charge in [0.05, 0.1) is 4.90 Å². The van der Waals surface area contributed by atoms with Crippen LogP contribution in [0.15, 0.2) is 44.4 Å². The third-order valence-corrected chi connectivity index (χ3v) is 5.05. The first-order valence-electron chi connectivity index (χ1n) is 6.60. The minimum absolute atomic E-state index is 0.191. The van der Waals surface area contributed by atoms with Crippen LogP contribution in [-0.2, 0) is 10.0 Å². The van der Waals surface area contributed by atoms with Crippen LogP contribution in [0.3, 0.4) is 0 Å². The molecule has 1 N–H and O–H groups in total. The van der Waals surface area contributed by atoms with Crippen molar-refractivity contribution in [3.05, 3.63) is 40.8 Å². The maximum atomic E-state index is 12.5. The van der Waals surface area contributed by atoms with Crippen LogP contribution in [0.5, 0.6) is 0 Å². The zero-order chi connectivity index (χ0) is 15.5. The van der Waals surface area contributed by atoms with Crippen molar-refractivity contribution in [2.75, 3.05) is 27.2 Å². The summed E-state index contributed by atoms with van der Waals surface area (Å²) in [7, 11) is -0.154. The lowest BCUT2D eigenvalue weighted by Crippen LogP contribution is -2.29. The van der Waals surface area contributed by atoms with E-state index in [2.05, 4.69) is 5.32 Å². The van der Waals surface area contributed by atoms with Crippen molar-refractivity contribution in [2.45, 2.75) is 11.3 Å². The Morgan fingerprint density at radius 1 is 1.24 bits per heavy atom. The highest BCUT2D eigenvalue weighted by molar-refractivity contribution is 7.89. The third-order valence-electron chi connectivity index (χ3n) is 3.20. The van der Waals surface area contributed by atoms with E-state index in [1.54, 1.807) is 13.1 Å². The average molecular weight is 310 g/mol. The van der Waals surface area contributed by atoms with Gasteiger partial charge >= 0.3 is 5.63 Å². The fraction of sp³-hybridized carbons (Fsp3) is 0.357. The Labute approximate surface area is 123 Å². The number of sulfonamides is 1. The van der Waals surface area contributed by atoms with E-state index >= 15 is 0 Å². The molecule has 0 bridgehead atoms. The molecule has 0 radical (unpaired) electrons. The predicted octanol–water partition coefficient (Wildman–Crippen LogP) is 1.02. The van der Waals surface area contributed by atoms with Gasteiger partial charge in [0.1, 0.15) is 5.58 Å². The minimum Gasteiger partial charge on any atom is -0.423 e. The Morgan fingerprint density at radius 3 is 2.71 bits per heavy atom. The van der Waals surface area contributed by atoms with Crippen LogP contribution in [0.2, 0.25) is 0 Å². The Kier molecular flexibility index (Phi) is 4.76. The fourth-order valence-electron chi connectivity index (χ4n) is 1.99. The molecule has 1 heterocycles. The van der Waals surface area contributed by atoms with Gasteiger partial charge in [-0.1, -0.05) is 0 Å². The van der Waals surface area contributed by atoms with Gasteiger partial charge in [-0.05, 0) is 44.3 Å². The molecule has 1 aromatic carbocycles. The van der Waals surface area contributed by atoms with Crippen molar-refractivity contribution in [3.63, 3.8) is 0 Å². The summed E-state index contributed by atoms with van der Waals surface area (Å²) in [5.74, 6) is 0. The molecule has 0 aliphatic heterocycles. The zero-order valence-corrected chi connectivity index (χ0v) is 12.8. The van der Waals surface area contributed by atoms with E-state index in [-0.39, 0.29) is 4.90 Å². The Balaban J connectivity index is 2.31. The molecule has 2 rings (SSSR count). The number of fused-ring (bicyclic) bond motifs is 1. The molecule has 1 aromatic heterocycles. The number of rotatable bonds is 6. The normalized spacial score (nSPS) is 12.1. The van der Waals surface area contributed by atoms with Crippen LogP contribution in [-0.4, -0.2) is 39.9 Å². The molecule has 114 valence electrons. The van der Waals surface area contributed by atoms with Crippen LogP contribution in [0.4, 0.5) is 0 Å². The van der Waals surface area contributed by atoms with E-state index in [0.717, 1.165) is 13.0 Å². The lowest BCUT2D eigenvalue weighted by molar-refractivity contribution is 0.458. The van der Waals surface area contributed by atoms with Gasteiger partial charge in [-0.25, -0.2) is 17.5 Å². The average Bonchev–Trinajstić information content (AvgIpc) is 2.46. The summed E-state index contributed by atoms with van der Waals surface area (Å²) in [5.41, 5.74) is -0.0819. The zero-order valence-electron chi connectivity index (χ0n) is 12.0. The number of benzene rings is 1. The second-order valence-electron chi connectivity index (χ2n) is 4.74. The molecule has 2 aromatic rings. The highest BCUT2D eigenvalue weighted by Gasteiger charge is 2.20. The van der Waals surface area contributed by atoms with Gasteiger partial charge in [0.2, 0.25) is 10.0 Å². The van der Waals surface area contributed by atoms with Crippen molar-refractivity contribution >= 4 is 21.0 Å². The molecule has 0 amide bonds. The summed E-state index contributed by atoms with van der Waals surface area (Å²) in [5, 5.41) is 3.56. The molecule has 0 atom stereocenters. The number of nitrogens with one attached hydrogen (secondary N) is 1. The van der Waals surface area contributed by atoms with E-state index in [1.807, 2.05) is 7.05 Å². The maximum absolute atomic E-state index is 12.5. The first kappa shape index (κ1) is 15.7. The van der Waals surface area contributed by atoms with Crippen molar-refractivity contribution in [1.29, 1.82) is 0 Å². The summed E-state index contributed by atoms with van der Waals surface area (Å²) in [6.45, 7) is 1.19. The predicted molar refractivity (Wildman–Crippen MR) is 80.8 cm³/mol. The quantitative estimate of drug-likeness (QED) is 0.636. The first-order valence-corrected chi connectivity index (χ1v) is 8.04. The lowest BCUT2D eigenvalue weighted by atomic mass is 10.2. The number of nitrogens with zero attached hydrogens (tertiary/aromatic N) is 1. The first-order chi connectivity index (χ1) is 9.95. The van der Waals surface area contributed by atoms with Gasteiger partial charge in [-0.2, -0.15) is 0 Å².